The maximum absolute atomic E-state index is 9.54. The molecule has 2 rings (SSSR count). The maximum atomic E-state index is 9.54. The Kier molecular flexibility index (Phi) is 2.13. The topological polar surface area (TPSA) is 41.3 Å². The van der Waals surface area contributed by atoms with Gasteiger partial charge in [-0.3, -0.25) is 0 Å². The summed E-state index contributed by atoms with van der Waals surface area (Å²) in [6.07, 6.45) is 3.38. The van der Waals surface area contributed by atoms with Crippen molar-refractivity contribution in [3.63, 3.8) is 0 Å². The lowest BCUT2D eigenvalue weighted by molar-refractivity contribution is 0.197. The van der Waals surface area contributed by atoms with E-state index in [9.17, 15) is 5.21 Å². The van der Waals surface area contributed by atoms with E-state index in [0.29, 0.717) is 5.65 Å². The second-order valence-electron chi connectivity index (χ2n) is 3.61. The lowest BCUT2D eigenvalue weighted by Crippen LogP contribution is -2.10. The lowest BCUT2D eigenvalue weighted by atomic mass is 10.2. The van der Waals surface area contributed by atoms with Gasteiger partial charge in [0.1, 0.15) is 0 Å². The van der Waals surface area contributed by atoms with Crippen molar-refractivity contribution in [2.75, 3.05) is 14.1 Å². The highest BCUT2D eigenvalue weighted by molar-refractivity contribution is 5.79. The number of hydrogen-bond acceptors (Lipinski definition) is 3. The molecule has 74 valence electrons. The van der Waals surface area contributed by atoms with E-state index in [1.54, 1.807) is 12.4 Å². The molecule has 0 aliphatic heterocycles. The van der Waals surface area contributed by atoms with Crippen molar-refractivity contribution >= 4 is 11.0 Å². The number of rotatable bonds is 2. The normalized spacial score (nSPS) is 11.4. The molecule has 0 aromatic carbocycles. The van der Waals surface area contributed by atoms with Gasteiger partial charge in [0.2, 0.25) is 0 Å². The number of nitrogens with zero attached hydrogens (tertiary/aromatic N) is 3. The average Bonchev–Trinajstić information content (AvgIpc) is 2.44. The van der Waals surface area contributed by atoms with Crippen molar-refractivity contribution in [3.8, 4) is 0 Å². The summed E-state index contributed by atoms with van der Waals surface area (Å²) >= 11 is 0. The zero-order valence-corrected chi connectivity index (χ0v) is 8.31. The fraction of sp³-hybridized carbons (Fsp3) is 0.300. The van der Waals surface area contributed by atoms with Crippen molar-refractivity contribution in [2.45, 2.75) is 6.54 Å². The van der Waals surface area contributed by atoms with Gasteiger partial charge in [0, 0.05) is 18.1 Å². The molecule has 2 heterocycles. The number of pyridine rings is 1. The van der Waals surface area contributed by atoms with Gasteiger partial charge in [0.05, 0.1) is 6.20 Å². The van der Waals surface area contributed by atoms with E-state index < -0.39 is 0 Å². The fourth-order valence-electron chi connectivity index (χ4n) is 1.58. The minimum absolute atomic E-state index is 0.615. The molecule has 0 radical (unpaired) electrons. The summed E-state index contributed by atoms with van der Waals surface area (Å²) in [7, 11) is 3.99. The Bertz CT molecular complexity index is 448. The zero-order chi connectivity index (χ0) is 10.1. The molecule has 0 fully saturated rings. The van der Waals surface area contributed by atoms with Crippen molar-refractivity contribution in [1.82, 2.24) is 14.6 Å². The van der Waals surface area contributed by atoms with Crippen molar-refractivity contribution in [1.29, 1.82) is 0 Å². The fourth-order valence-corrected chi connectivity index (χ4v) is 1.58. The summed E-state index contributed by atoms with van der Waals surface area (Å²) in [6, 6.07) is 3.84. The average molecular weight is 191 g/mol. The Morgan fingerprint density at radius 1 is 1.50 bits per heavy atom. The third-order valence-electron chi connectivity index (χ3n) is 2.11. The first-order chi connectivity index (χ1) is 6.68. The van der Waals surface area contributed by atoms with Crippen molar-refractivity contribution in [2.24, 2.45) is 0 Å². The molecule has 4 nitrogen and oxygen atoms in total. The van der Waals surface area contributed by atoms with Gasteiger partial charge in [-0.2, -0.15) is 4.73 Å². The summed E-state index contributed by atoms with van der Waals surface area (Å²) in [5.41, 5.74) is 1.70. The van der Waals surface area contributed by atoms with Gasteiger partial charge in [0.25, 0.3) is 0 Å². The van der Waals surface area contributed by atoms with E-state index in [0.717, 1.165) is 22.2 Å². The summed E-state index contributed by atoms with van der Waals surface area (Å²) in [5, 5.41) is 10.5. The first-order valence-electron chi connectivity index (χ1n) is 4.47. The first kappa shape index (κ1) is 9.02. The molecule has 0 spiro atoms. The molecule has 1 N–H and O–H groups in total. The van der Waals surface area contributed by atoms with Gasteiger partial charge in [0.15, 0.2) is 5.65 Å². The second-order valence-corrected chi connectivity index (χ2v) is 3.61. The van der Waals surface area contributed by atoms with E-state index in [1.807, 2.05) is 26.2 Å². The third-order valence-corrected chi connectivity index (χ3v) is 2.11. The predicted molar refractivity (Wildman–Crippen MR) is 54.3 cm³/mol. The molecule has 0 unspecified atom stereocenters. The van der Waals surface area contributed by atoms with Crippen LogP contribution in [-0.2, 0) is 6.54 Å². The van der Waals surface area contributed by atoms with Gasteiger partial charge in [-0.05, 0) is 31.8 Å². The standard InChI is InChI=1S/C10H13N3O/c1-12(2)6-8-7-13(14)10-9(8)4-3-5-11-10/h3-5,7,14H,6H2,1-2H3. The van der Waals surface area contributed by atoms with Gasteiger partial charge in [-0.15, -0.1) is 0 Å². The SMILES string of the molecule is CN(C)Cc1cn(O)c2ncccc12. The zero-order valence-electron chi connectivity index (χ0n) is 8.31. The summed E-state index contributed by atoms with van der Waals surface area (Å²) in [4.78, 5) is 6.16. The largest absolute Gasteiger partial charge is 0.427 e. The second kappa shape index (κ2) is 3.31. The van der Waals surface area contributed by atoms with Crippen molar-refractivity contribution in [3.05, 3.63) is 30.1 Å². The third kappa shape index (κ3) is 1.44. The predicted octanol–water partition coefficient (Wildman–Crippen LogP) is 1.34. The van der Waals surface area contributed by atoms with E-state index in [4.69, 9.17) is 0 Å². The number of hydrogen-bond donors (Lipinski definition) is 1. The Morgan fingerprint density at radius 2 is 2.29 bits per heavy atom. The van der Waals surface area contributed by atoms with E-state index >= 15 is 0 Å². The Labute approximate surface area is 82.4 Å². The van der Waals surface area contributed by atoms with E-state index in [1.165, 1.54) is 0 Å². The molecule has 14 heavy (non-hydrogen) atoms. The quantitative estimate of drug-likeness (QED) is 0.728. The Balaban J connectivity index is 2.55. The van der Waals surface area contributed by atoms with Crippen LogP contribution in [0.5, 0.6) is 0 Å². The molecule has 0 atom stereocenters. The van der Waals surface area contributed by atoms with E-state index in [-0.39, 0.29) is 0 Å². The molecular formula is C10H13N3O. The van der Waals surface area contributed by atoms with Crippen LogP contribution in [0.3, 0.4) is 0 Å². The van der Waals surface area contributed by atoms with Crippen LogP contribution in [0.4, 0.5) is 0 Å². The molecule has 0 saturated heterocycles. The summed E-state index contributed by atoms with van der Waals surface area (Å²) in [6.45, 7) is 0.801. The molecule has 0 saturated carbocycles. The van der Waals surface area contributed by atoms with Crippen LogP contribution < -0.4 is 0 Å². The van der Waals surface area contributed by atoms with Crippen LogP contribution in [-0.4, -0.2) is 33.9 Å². The van der Waals surface area contributed by atoms with Crippen LogP contribution in [0.2, 0.25) is 0 Å². The monoisotopic (exact) mass is 191 g/mol. The Morgan fingerprint density at radius 3 is 3.00 bits per heavy atom. The molecule has 2 aromatic rings. The summed E-state index contributed by atoms with van der Waals surface area (Å²) < 4.78 is 1.08. The minimum atomic E-state index is 0.615. The number of aromatic nitrogens is 2. The highest BCUT2D eigenvalue weighted by Gasteiger charge is 2.08. The molecule has 4 heteroatoms. The van der Waals surface area contributed by atoms with Gasteiger partial charge in [-0.1, -0.05) is 0 Å². The van der Waals surface area contributed by atoms with Gasteiger partial charge >= 0.3 is 0 Å². The summed E-state index contributed by atoms with van der Waals surface area (Å²) in [5.74, 6) is 0. The van der Waals surface area contributed by atoms with Crippen LogP contribution in [0.25, 0.3) is 11.0 Å². The maximum Gasteiger partial charge on any atom is 0.175 e. The van der Waals surface area contributed by atoms with Gasteiger partial charge in [-0.25, -0.2) is 4.98 Å². The minimum Gasteiger partial charge on any atom is -0.427 e. The highest BCUT2D eigenvalue weighted by Crippen LogP contribution is 2.18. The lowest BCUT2D eigenvalue weighted by Gasteiger charge is -2.07. The molecule has 0 aliphatic carbocycles. The smallest absolute Gasteiger partial charge is 0.175 e. The van der Waals surface area contributed by atoms with Crippen LogP contribution >= 0.6 is 0 Å². The first-order valence-corrected chi connectivity index (χ1v) is 4.47. The Hall–Kier alpha value is -1.55. The number of fused-ring (bicyclic) bond motifs is 1. The van der Waals surface area contributed by atoms with E-state index in [2.05, 4.69) is 9.88 Å². The highest BCUT2D eigenvalue weighted by atomic mass is 16.5. The molecule has 0 amide bonds. The molecule has 0 aliphatic rings. The molecule has 0 bridgehead atoms. The van der Waals surface area contributed by atoms with Gasteiger partial charge < -0.3 is 10.1 Å². The molecule has 2 aromatic heterocycles. The van der Waals surface area contributed by atoms with Crippen LogP contribution in [0.1, 0.15) is 5.56 Å². The molecular weight excluding hydrogens is 178 g/mol. The van der Waals surface area contributed by atoms with Crippen molar-refractivity contribution < 1.29 is 5.21 Å². The van der Waals surface area contributed by atoms with Crippen LogP contribution in [0.15, 0.2) is 24.5 Å². The van der Waals surface area contributed by atoms with Crippen LogP contribution in [0, 0.1) is 0 Å².